The molecule has 12 nitrogen and oxygen atoms in total. The Balaban J connectivity index is 2.16. The number of aromatic amines is 1. The molecular weight excluding hydrogens is 454 g/mol. The molecule has 0 radical (unpaired) electrons. The SMILES string of the molecule is CCC(C)C(NC(=O)C(Cc1cnc[nH]1)NC(=O)C(CCCCN)NC(=O)C1CCCN1)C(=O)O. The molecule has 0 aromatic carbocycles. The maximum Gasteiger partial charge on any atom is 0.326 e. The third kappa shape index (κ3) is 8.95. The van der Waals surface area contributed by atoms with Crippen molar-refractivity contribution in [1.29, 1.82) is 0 Å². The summed E-state index contributed by atoms with van der Waals surface area (Å²) in [5, 5.41) is 20.8. The van der Waals surface area contributed by atoms with Gasteiger partial charge in [0.2, 0.25) is 17.7 Å². The molecule has 12 heteroatoms. The fourth-order valence-corrected chi connectivity index (χ4v) is 3.98. The van der Waals surface area contributed by atoms with E-state index in [2.05, 4.69) is 31.2 Å². The van der Waals surface area contributed by atoms with Crippen molar-refractivity contribution in [3.05, 3.63) is 18.2 Å². The number of aromatic nitrogens is 2. The number of nitrogens with two attached hydrogens (primary N) is 1. The minimum atomic E-state index is -1.14. The quantitative estimate of drug-likeness (QED) is 0.158. The second kappa shape index (κ2) is 14.4. The lowest BCUT2D eigenvalue weighted by Crippen LogP contribution is -2.58. The average Bonchev–Trinajstić information content (AvgIpc) is 3.55. The highest BCUT2D eigenvalue weighted by molar-refractivity contribution is 5.94. The summed E-state index contributed by atoms with van der Waals surface area (Å²) < 4.78 is 0. The molecular formula is C23H39N7O5. The van der Waals surface area contributed by atoms with Crippen molar-refractivity contribution >= 4 is 23.7 Å². The second-order valence-electron chi connectivity index (χ2n) is 9.05. The predicted octanol–water partition coefficient (Wildman–Crippen LogP) is -0.582. The van der Waals surface area contributed by atoms with Crippen LogP contribution in [0, 0.1) is 5.92 Å². The summed E-state index contributed by atoms with van der Waals surface area (Å²) >= 11 is 0. The molecule has 2 heterocycles. The van der Waals surface area contributed by atoms with Crippen molar-refractivity contribution in [2.75, 3.05) is 13.1 Å². The van der Waals surface area contributed by atoms with E-state index in [4.69, 9.17) is 5.73 Å². The van der Waals surface area contributed by atoms with E-state index in [0.29, 0.717) is 44.3 Å². The smallest absolute Gasteiger partial charge is 0.326 e. The van der Waals surface area contributed by atoms with E-state index in [-0.39, 0.29) is 24.3 Å². The predicted molar refractivity (Wildman–Crippen MR) is 129 cm³/mol. The summed E-state index contributed by atoms with van der Waals surface area (Å²) in [5.74, 6) is -2.83. The molecule has 1 aromatic rings. The van der Waals surface area contributed by atoms with Gasteiger partial charge in [0.1, 0.15) is 18.1 Å². The van der Waals surface area contributed by atoms with Gasteiger partial charge in [0.05, 0.1) is 12.4 Å². The number of rotatable bonds is 15. The summed E-state index contributed by atoms with van der Waals surface area (Å²) in [6.45, 7) is 4.78. The van der Waals surface area contributed by atoms with Gasteiger partial charge in [0.15, 0.2) is 0 Å². The van der Waals surface area contributed by atoms with Crippen LogP contribution < -0.4 is 27.0 Å². The first-order chi connectivity index (χ1) is 16.8. The molecule has 1 aromatic heterocycles. The molecule has 5 unspecified atom stereocenters. The number of H-pyrrole nitrogens is 1. The van der Waals surface area contributed by atoms with Crippen LogP contribution in [0.3, 0.4) is 0 Å². The van der Waals surface area contributed by atoms with Gasteiger partial charge in [-0.2, -0.15) is 0 Å². The number of carboxylic acids is 1. The van der Waals surface area contributed by atoms with E-state index >= 15 is 0 Å². The number of nitrogens with one attached hydrogen (secondary N) is 5. The Bertz CT molecular complexity index is 826. The lowest BCUT2D eigenvalue weighted by atomic mass is 9.98. The standard InChI is InChI=1S/C23H39N7O5/c1-3-14(2)19(23(34)35)30-22(33)18(11-15-12-25-13-27-15)29-21(32)17(7-4-5-9-24)28-20(31)16-8-6-10-26-16/h12-14,16-19,26H,3-11,24H2,1-2H3,(H,25,27)(H,28,31)(H,29,32)(H,30,33)(H,34,35). The van der Waals surface area contributed by atoms with E-state index in [1.807, 2.05) is 6.92 Å². The van der Waals surface area contributed by atoms with Crippen LogP contribution in [-0.2, 0) is 25.6 Å². The Labute approximate surface area is 205 Å². The number of carboxylic acid groups (broad SMARTS) is 1. The van der Waals surface area contributed by atoms with Gasteiger partial charge in [-0.15, -0.1) is 0 Å². The summed E-state index contributed by atoms with van der Waals surface area (Å²) in [5.41, 5.74) is 6.18. The molecule has 5 atom stereocenters. The molecule has 196 valence electrons. The van der Waals surface area contributed by atoms with Gasteiger partial charge in [-0.1, -0.05) is 20.3 Å². The number of imidazole rings is 1. The summed E-state index contributed by atoms with van der Waals surface area (Å²) in [6.07, 6.45) is 6.88. The van der Waals surface area contributed by atoms with Crippen LogP contribution in [0.1, 0.15) is 58.1 Å². The minimum Gasteiger partial charge on any atom is -0.480 e. The van der Waals surface area contributed by atoms with Gasteiger partial charge < -0.3 is 37.1 Å². The van der Waals surface area contributed by atoms with Crippen LogP contribution in [-0.4, -0.2) is 76.0 Å². The Hall–Kier alpha value is -2.99. The van der Waals surface area contributed by atoms with Crippen molar-refractivity contribution in [2.24, 2.45) is 11.7 Å². The number of amides is 3. The van der Waals surface area contributed by atoms with Crippen molar-refractivity contribution < 1.29 is 24.3 Å². The van der Waals surface area contributed by atoms with Crippen LogP contribution in [0.5, 0.6) is 0 Å². The number of carbonyl (C=O) groups excluding carboxylic acids is 3. The van der Waals surface area contributed by atoms with Crippen LogP contribution in [0.4, 0.5) is 0 Å². The van der Waals surface area contributed by atoms with Gasteiger partial charge >= 0.3 is 5.97 Å². The van der Waals surface area contributed by atoms with Crippen LogP contribution in [0.25, 0.3) is 0 Å². The third-order valence-corrected chi connectivity index (χ3v) is 6.35. The summed E-state index contributed by atoms with van der Waals surface area (Å²) in [4.78, 5) is 57.6. The first-order valence-corrected chi connectivity index (χ1v) is 12.3. The highest BCUT2D eigenvalue weighted by Gasteiger charge is 2.32. The third-order valence-electron chi connectivity index (χ3n) is 6.35. The first-order valence-electron chi connectivity index (χ1n) is 12.3. The van der Waals surface area contributed by atoms with Crippen LogP contribution in [0.15, 0.2) is 12.5 Å². The normalized spacial score (nSPS) is 18.8. The fourth-order valence-electron chi connectivity index (χ4n) is 3.98. The Morgan fingerprint density at radius 1 is 1.17 bits per heavy atom. The largest absolute Gasteiger partial charge is 0.480 e. The summed E-state index contributed by atoms with van der Waals surface area (Å²) in [6, 6.07) is -3.36. The zero-order chi connectivity index (χ0) is 25.8. The molecule has 1 saturated heterocycles. The number of hydrogen-bond acceptors (Lipinski definition) is 7. The summed E-state index contributed by atoms with van der Waals surface area (Å²) in [7, 11) is 0. The highest BCUT2D eigenvalue weighted by Crippen LogP contribution is 2.11. The van der Waals surface area contributed by atoms with E-state index in [1.165, 1.54) is 12.5 Å². The number of aliphatic carboxylic acids is 1. The van der Waals surface area contributed by atoms with Gasteiger partial charge in [0.25, 0.3) is 0 Å². The van der Waals surface area contributed by atoms with E-state index in [1.54, 1.807) is 6.92 Å². The van der Waals surface area contributed by atoms with E-state index in [0.717, 1.165) is 13.0 Å². The van der Waals surface area contributed by atoms with Gasteiger partial charge in [-0.05, 0) is 51.1 Å². The van der Waals surface area contributed by atoms with Gasteiger partial charge in [-0.3, -0.25) is 14.4 Å². The Morgan fingerprint density at radius 3 is 2.49 bits per heavy atom. The number of unbranched alkanes of at least 4 members (excludes halogenated alkanes) is 1. The molecule has 35 heavy (non-hydrogen) atoms. The Morgan fingerprint density at radius 2 is 1.91 bits per heavy atom. The average molecular weight is 494 g/mol. The maximum atomic E-state index is 13.2. The minimum absolute atomic E-state index is 0.0814. The lowest BCUT2D eigenvalue weighted by molar-refractivity contribution is -0.143. The highest BCUT2D eigenvalue weighted by atomic mass is 16.4. The molecule has 8 N–H and O–H groups in total. The molecule has 1 aliphatic heterocycles. The first kappa shape index (κ1) is 28.2. The van der Waals surface area contributed by atoms with E-state index < -0.39 is 35.9 Å². The molecule has 2 rings (SSSR count). The Kier molecular flexibility index (Phi) is 11.6. The second-order valence-corrected chi connectivity index (χ2v) is 9.05. The molecule has 0 aliphatic carbocycles. The molecule has 0 spiro atoms. The fraction of sp³-hybridized carbons (Fsp3) is 0.696. The molecule has 0 bridgehead atoms. The molecule has 1 aliphatic rings. The number of hydrogen-bond donors (Lipinski definition) is 7. The van der Waals surface area contributed by atoms with Crippen LogP contribution >= 0.6 is 0 Å². The van der Waals surface area contributed by atoms with Gasteiger partial charge in [0, 0.05) is 18.3 Å². The van der Waals surface area contributed by atoms with Crippen molar-refractivity contribution in [3.63, 3.8) is 0 Å². The lowest BCUT2D eigenvalue weighted by Gasteiger charge is -2.26. The maximum absolute atomic E-state index is 13.2. The van der Waals surface area contributed by atoms with Gasteiger partial charge in [-0.25, -0.2) is 9.78 Å². The zero-order valence-electron chi connectivity index (χ0n) is 20.5. The van der Waals surface area contributed by atoms with Crippen molar-refractivity contribution in [2.45, 2.75) is 83.0 Å². The van der Waals surface area contributed by atoms with Crippen molar-refractivity contribution in [3.8, 4) is 0 Å². The molecule has 3 amide bonds. The number of nitrogens with zero attached hydrogens (tertiary/aromatic N) is 1. The van der Waals surface area contributed by atoms with Crippen LogP contribution in [0.2, 0.25) is 0 Å². The van der Waals surface area contributed by atoms with E-state index in [9.17, 15) is 24.3 Å². The van der Waals surface area contributed by atoms with Crippen molar-refractivity contribution in [1.82, 2.24) is 31.2 Å². The molecule has 0 saturated carbocycles. The monoisotopic (exact) mass is 493 g/mol. The molecule has 1 fully saturated rings. The topological polar surface area (TPSA) is 191 Å². The number of carbonyl (C=O) groups is 4. The zero-order valence-corrected chi connectivity index (χ0v) is 20.5.